The Hall–Kier alpha value is -3.47. The summed E-state index contributed by atoms with van der Waals surface area (Å²) >= 11 is 0. The van der Waals surface area contributed by atoms with E-state index in [9.17, 15) is 4.79 Å². The number of amides is 1. The summed E-state index contributed by atoms with van der Waals surface area (Å²) in [6.07, 6.45) is 3.10. The van der Waals surface area contributed by atoms with Crippen molar-refractivity contribution in [3.8, 4) is 5.69 Å². The van der Waals surface area contributed by atoms with Crippen LogP contribution in [0.25, 0.3) is 16.5 Å². The highest BCUT2D eigenvalue weighted by atomic mass is 16.1. The standard InChI is InChI=1S/C21H18N4O/c1-15(18-7-6-16-4-2-3-5-19(16)12-18)24-21(26)17-8-10-20(11-9-17)25-14-22-13-23-25/h2-15H,1H3,(H,24,26). The van der Waals surface area contributed by atoms with Gasteiger partial charge in [-0.05, 0) is 53.6 Å². The molecular formula is C21H18N4O. The van der Waals surface area contributed by atoms with Gasteiger partial charge in [0.05, 0.1) is 11.7 Å². The number of fused-ring (bicyclic) bond motifs is 1. The van der Waals surface area contributed by atoms with E-state index >= 15 is 0 Å². The Bertz CT molecular complexity index is 1040. The molecule has 0 radical (unpaired) electrons. The first kappa shape index (κ1) is 16.0. The van der Waals surface area contributed by atoms with Gasteiger partial charge in [-0.1, -0.05) is 36.4 Å². The molecule has 128 valence electrons. The molecule has 5 nitrogen and oxygen atoms in total. The molecule has 5 heteroatoms. The van der Waals surface area contributed by atoms with Crippen LogP contribution in [0.3, 0.4) is 0 Å². The van der Waals surface area contributed by atoms with Gasteiger partial charge in [0.1, 0.15) is 12.7 Å². The molecule has 0 aliphatic carbocycles. The first-order chi connectivity index (χ1) is 12.7. The highest BCUT2D eigenvalue weighted by Crippen LogP contribution is 2.20. The van der Waals surface area contributed by atoms with Crippen LogP contribution in [-0.2, 0) is 0 Å². The smallest absolute Gasteiger partial charge is 0.251 e. The highest BCUT2D eigenvalue weighted by molar-refractivity contribution is 5.94. The second kappa shape index (κ2) is 6.80. The predicted octanol–water partition coefficient (Wildman–Crippen LogP) is 3.91. The van der Waals surface area contributed by atoms with Gasteiger partial charge in [-0.15, -0.1) is 0 Å². The molecule has 1 aromatic heterocycles. The molecule has 3 aromatic carbocycles. The fraction of sp³-hybridized carbons (Fsp3) is 0.0952. The van der Waals surface area contributed by atoms with Gasteiger partial charge in [-0.3, -0.25) is 4.79 Å². The fourth-order valence-electron chi connectivity index (χ4n) is 2.95. The molecule has 26 heavy (non-hydrogen) atoms. The predicted molar refractivity (Wildman–Crippen MR) is 101 cm³/mol. The molecule has 1 N–H and O–H groups in total. The van der Waals surface area contributed by atoms with E-state index in [1.807, 2.05) is 31.2 Å². The van der Waals surface area contributed by atoms with Crippen LogP contribution in [0.1, 0.15) is 28.9 Å². The SMILES string of the molecule is CC(NC(=O)c1ccc(-n2cncn2)cc1)c1ccc2ccccc2c1. The summed E-state index contributed by atoms with van der Waals surface area (Å²) in [5.74, 6) is -0.101. The largest absolute Gasteiger partial charge is 0.346 e. The summed E-state index contributed by atoms with van der Waals surface area (Å²) in [4.78, 5) is 16.5. The van der Waals surface area contributed by atoms with Crippen molar-refractivity contribution in [2.75, 3.05) is 0 Å². The summed E-state index contributed by atoms with van der Waals surface area (Å²) in [5, 5.41) is 9.50. The zero-order valence-corrected chi connectivity index (χ0v) is 14.3. The number of aromatic nitrogens is 3. The third-order valence-corrected chi connectivity index (χ3v) is 4.43. The molecule has 0 spiro atoms. The Morgan fingerprint density at radius 3 is 2.50 bits per heavy atom. The fourth-order valence-corrected chi connectivity index (χ4v) is 2.95. The average Bonchev–Trinajstić information content (AvgIpc) is 3.22. The minimum atomic E-state index is -0.101. The van der Waals surface area contributed by atoms with Crippen LogP contribution in [-0.4, -0.2) is 20.7 Å². The number of benzene rings is 3. The van der Waals surface area contributed by atoms with Crippen molar-refractivity contribution in [3.05, 3.63) is 90.5 Å². The average molecular weight is 342 g/mol. The molecule has 0 aliphatic rings. The van der Waals surface area contributed by atoms with Crippen LogP contribution in [0.4, 0.5) is 0 Å². The van der Waals surface area contributed by atoms with Crippen molar-refractivity contribution in [2.24, 2.45) is 0 Å². The van der Waals surface area contributed by atoms with Gasteiger partial charge in [0.15, 0.2) is 0 Å². The molecular weight excluding hydrogens is 324 g/mol. The molecule has 0 bridgehead atoms. The molecule has 0 saturated heterocycles. The summed E-state index contributed by atoms with van der Waals surface area (Å²) in [6, 6.07) is 21.7. The second-order valence-electron chi connectivity index (χ2n) is 6.19. The van der Waals surface area contributed by atoms with E-state index in [0.717, 1.165) is 11.3 Å². The van der Waals surface area contributed by atoms with Crippen molar-refractivity contribution in [3.63, 3.8) is 0 Å². The van der Waals surface area contributed by atoms with E-state index < -0.39 is 0 Å². The molecule has 1 atom stereocenters. The number of nitrogens with one attached hydrogen (secondary N) is 1. The first-order valence-corrected chi connectivity index (χ1v) is 8.45. The molecule has 1 unspecified atom stereocenters. The lowest BCUT2D eigenvalue weighted by Crippen LogP contribution is -2.26. The molecule has 4 aromatic rings. The Morgan fingerprint density at radius 1 is 1.00 bits per heavy atom. The maximum Gasteiger partial charge on any atom is 0.251 e. The quantitative estimate of drug-likeness (QED) is 0.612. The van der Waals surface area contributed by atoms with Crippen molar-refractivity contribution in [2.45, 2.75) is 13.0 Å². The summed E-state index contributed by atoms with van der Waals surface area (Å²) < 4.78 is 1.65. The van der Waals surface area contributed by atoms with E-state index in [1.165, 1.54) is 17.1 Å². The second-order valence-corrected chi connectivity index (χ2v) is 6.19. The van der Waals surface area contributed by atoms with Crippen LogP contribution in [0, 0.1) is 0 Å². The van der Waals surface area contributed by atoms with Gasteiger partial charge in [0, 0.05) is 5.56 Å². The van der Waals surface area contributed by atoms with Crippen molar-refractivity contribution < 1.29 is 4.79 Å². The Labute approximate surface area is 151 Å². The molecule has 1 amide bonds. The van der Waals surface area contributed by atoms with Crippen LogP contribution in [0.2, 0.25) is 0 Å². The zero-order chi connectivity index (χ0) is 17.9. The van der Waals surface area contributed by atoms with Crippen LogP contribution < -0.4 is 5.32 Å². The number of hydrogen-bond donors (Lipinski definition) is 1. The summed E-state index contributed by atoms with van der Waals surface area (Å²) in [7, 11) is 0. The van der Waals surface area contributed by atoms with Gasteiger partial charge >= 0.3 is 0 Å². The zero-order valence-electron chi connectivity index (χ0n) is 14.3. The molecule has 0 saturated carbocycles. The van der Waals surface area contributed by atoms with Crippen molar-refractivity contribution in [1.29, 1.82) is 0 Å². The van der Waals surface area contributed by atoms with E-state index in [4.69, 9.17) is 0 Å². The minimum absolute atomic E-state index is 0.0814. The van der Waals surface area contributed by atoms with Gasteiger partial charge in [-0.2, -0.15) is 5.10 Å². The van der Waals surface area contributed by atoms with Gasteiger partial charge in [-0.25, -0.2) is 9.67 Å². The van der Waals surface area contributed by atoms with Gasteiger partial charge in [0.25, 0.3) is 5.91 Å². The monoisotopic (exact) mass is 342 g/mol. The lowest BCUT2D eigenvalue weighted by atomic mass is 10.0. The van der Waals surface area contributed by atoms with Gasteiger partial charge in [0.2, 0.25) is 0 Å². The summed E-state index contributed by atoms with van der Waals surface area (Å²) in [5.41, 5.74) is 2.56. The number of hydrogen-bond acceptors (Lipinski definition) is 3. The van der Waals surface area contributed by atoms with Crippen molar-refractivity contribution >= 4 is 16.7 Å². The van der Waals surface area contributed by atoms with E-state index in [1.54, 1.807) is 23.1 Å². The maximum atomic E-state index is 12.5. The highest BCUT2D eigenvalue weighted by Gasteiger charge is 2.12. The normalized spacial score (nSPS) is 12.0. The lowest BCUT2D eigenvalue weighted by Gasteiger charge is -2.15. The number of nitrogens with zero attached hydrogens (tertiary/aromatic N) is 3. The van der Waals surface area contributed by atoms with Crippen LogP contribution >= 0.6 is 0 Å². The third kappa shape index (κ3) is 3.19. The third-order valence-electron chi connectivity index (χ3n) is 4.43. The maximum absolute atomic E-state index is 12.5. The number of carbonyl (C=O) groups excluding carboxylic acids is 1. The molecule has 1 heterocycles. The van der Waals surface area contributed by atoms with Gasteiger partial charge < -0.3 is 5.32 Å². The molecule has 0 aliphatic heterocycles. The lowest BCUT2D eigenvalue weighted by molar-refractivity contribution is 0.0940. The van der Waals surface area contributed by atoms with Crippen LogP contribution in [0.15, 0.2) is 79.4 Å². The van der Waals surface area contributed by atoms with E-state index in [0.29, 0.717) is 5.56 Å². The van der Waals surface area contributed by atoms with Crippen LogP contribution in [0.5, 0.6) is 0 Å². The van der Waals surface area contributed by atoms with Crippen molar-refractivity contribution in [1.82, 2.24) is 20.1 Å². The minimum Gasteiger partial charge on any atom is -0.346 e. The molecule has 4 rings (SSSR count). The number of rotatable bonds is 4. The van der Waals surface area contributed by atoms with E-state index in [-0.39, 0.29) is 11.9 Å². The Kier molecular flexibility index (Phi) is 4.19. The van der Waals surface area contributed by atoms with E-state index in [2.05, 4.69) is 45.7 Å². The Morgan fingerprint density at radius 2 is 1.77 bits per heavy atom. The Balaban J connectivity index is 1.49. The topological polar surface area (TPSA) is 59.8 Å². The summed E-state index contributed by atoms with van der Waals surface area (Å²) in [6.45, 7) is 1.99. The number of carbonyl (C=O) groups is 1. The molecule has 0 fully saturated rings. The first-order valence-electron chi connectivity index (χ1n) is 8.45.